The zero-order chi connectivity index (χ0) is 18.7. The molecule has 0 aliphatic carbocycles. The highest BCUT2D eigenvalue weighted by Gasteiger charge is 2.23. The van der Waals surface area contributed by atoms with Gasteiger partial charge in [-0.15, -0.1) is 0 Å². The molecule has 1 aromatic heterocycles. The molecule has 1 fully saturated rings. The van der Waals surface area contributed by atoms with Gasteiger partial charge in [0.15, 0.2) is 0 Å². The van der Waals surface area contributed by atoms with E-state index in [1.807, 2.05) is 0 Å². The highest BCUT2D eigenvalue weighted by atomic mass is 19.1. The first-order valence-corrected chi connectivity index (χ1v) is 8.32. The van der Waals surface area contributed by atoms with Crippen molar-refractivity contribution < 1.29 is 18.3 Å². The highest BCUT2D eigenvalue weighted by molar-refractivity contribution is 5.79. The molecule has 0 bridgehead atoms. The number of carbonyl (C=O) groups excluding carboxylic acids is 1. The lowest BCUT2D eigenvalue weighted by molar-refractivity contribution is -0.130. The molecule has 1 amide bonds. The fourth-order valence-electron chi connectivity index (χ4n) is 2.92. The lowest BCUT2D eigenvalue weighted by atomic mass is 10.1. The Morgan fingerprint density at radius 2 is 1.88 bits per heavy atom. The number of aromatic nitrogens is 2. The summed E-state index contributed by atoms with van der Waals surface area (Å²) in [6.07, 6.45) is -0.0768. The molecule has 1 aliphatic rings. The van der Waals surface area contributed by atoms with Gasteiger partial charge in [0.25, 0.3) is 0 Å². The van der Waals surface area contributed by atoms with Crippen molar-refractivity contribution in [3.63, 3.8) is 0 Å². The van der Waals surface area contributed by atoms with Crippen LogP contribution in [0.4, 0.5) is 14.6 Å². The standard InChI is InChI=1S/C18H20F2N4O2/c1-12-21-16(11-17(22-12)26-2)23-5-7-24(8-6-23)18(25)9-13-3-4-14(19)10-15(13)20/h3-4,10-11H,5-9H2,1-2H3. The molecular formula is C18H20F2N4O2. The smallest absolute Gasteiger partial charge is 0.227 e. The van der Waals surface area contributed by atoms with Crippen LogP contribution in [0.15, 0.2) is 24.3 Å². The van der Waals surface area contributed by atoms with Gasteiger partial charge >= 0.3 is 0 Å². The molecule has 2 aromatic rings. The molecular weight excluding hydrogens is 342 g/mol. The maximum Gasteiger partial charge on any atom is 0.227 e. The molecule has 3 rings (SSSR count). The Kier molecular flexibility index (Phi) is 5.29. The minimum absolute atomic E-state index is 0.0768. The molecule has 0 N–H and O–H groups in total. The first-order chi connectivity index (χ1) is 12.5. The number of methoxy groups -OCH3 is 1. The number of hydrogen-bond donors (Lipinski definition) is 0. The molecule has 0 spiro atoms. The van der Waals surface area contributed by atoms with Gasteiger partial charge in [0.05, 0.1) is 13.5 Å². The number of nitrogens with zero attached hydrogens (tertiary/aromatic N) is 4. The summed E-state index contributed by atoms with van der Waals surface area (Å²) in [5, 5.41) is 0. The third-order valence-electron chi connectivity index (χ3n) is 4.32. The minimum atomic E-state index is -0.694. The second kappa shape index (κ2) is 7.63. The average molecular weight is 362 g/mol. The molecule has 26 heavy (non-hydrogen) atoms. The van der Waals surface area contributed by atoms with Crippen LogP contribution in [-0.2, 0) is 11.2 Å². The lowest BCUT2D eigenvalue weighted by Gasteiger charge is -2.35. The van der Waals surface area contributed by atoms with E-state index in [1.54, 1.807) is 25.0 Å². The van der Waals surface area contributed by atoms with Crippen molar-refractivity contribution >= 4 is 11.7 Å². The Balaban J connectivity index is 1.61. The van der Waals surface area contributed by atoms with Gasteiger partial charge in [-0.25, -0.2) is 13.8 Å². The number of anilines is 1. The van der Waals surface area contributed by atoms with Crippen molar-refractivity contribution in [3.8, 4) is 5.88 Å². The Hall–Kier alpha value is -2.77. The number of hydrogen-bond acceptors (Lipinski definition) is 5. The van der Waals surface area contributed by atoms with Crippen molar-refractivity contribution in [2.24, 2.45) is 0 Å². The molecule has 138 valence electrons. The van der Waals surface area contributed by atoms with Crippen molar-refractivity contribution in [3.05, 3.63) is 47.3 Å². The molecule has 0 atom stereocenters. The van der Waals surface area contributed by atoms with Crippen LogP contribution in [0.25, 0.3) is 0 Å². The van der Waals surface area contributed by atoms with Crippen LogP contribution in [-0.4, -0.2) is 54.1 Å². The second-order valence-electron chi connectivity index (χ2n) is 6.10. The Morgan fingerprint density at radius 3 is 2.54 bits per heavy atom. The van der Waals surface area contributed by atoms with E-state index in [-0.39, 0.29) is 17.9 Å². The SMILES string of the molecule is COc1cc(N2CCN(C(=O)Cc3ccc(F)cc3F)CC2)nc(C)n1. The number of rotatable bonds is 4. The summed E-state index contributed by atoms with van der Waals surface area (Å²) < 4.78 is 31.9. The average Bonchev–Trinajstić information content (AvgIpc) is 2.63. The number of aryl methyl sites for hydroxylation is 1. The van der Waals surface area contributed by atoms with E-state index in [2.05, 4.69) is 14.9 Å². The van der Waals surface area contributed by atoms with Crippen LogP contribution in [0.2, 0.25) is 0 Å². The highest BCUT2D eigenvalue weighted by Crippen LogP contribution is 2.19. The van der Waals surface area contributed by atoms with Gasteiger partial charge in [0, 0.05) is 38.3 Å². The number of ether oxygens (including phenoxy) is 1. The quantitative estimate of drug-likeness (QED) is 0.832. The number of carbonyl (C=O) groups is 1. The van der Waals surface area contributed by atoms with Crippen molar-refractivity contribution in [2.75, 3.05) is 38.2 Å². The Morgan fingerprint density at radius 1 is 1.15 bits per heavy atom. The third-order valence-corrected chi connectivity index (χ3v) is 4.32. The Bertz CT molecular complexity index is 808. The predicted octanol–water partition coefficient (Wildman–Crippen LogP) is 1.96. The third kappa shape index (κ3) is 4.07. The van der Waals surface area contributed by atoms with Crippen LogP contribution in [0.5, 0.6) is 5.88 Å². The van der Waals surface area contributed by atoms with Gasteiger partial charge < -0.3 is 14.5 Å². The van der Waals surface area contributed by atoms with E-state index in [0.717, 1.165) is 18.0 Å². The maximum absolute atomic E-state index is 13.7. The van der Waals surface area contributed by atoms with Gasteiger partial charge in [-0.1, -0.05) is 6.07 Å². The number of amides is 1. The minimum Gasteiger partial charge on any atom is -0.481 e. The topological polar surface area (TPSA) is 58.6 Å². The first kappa shape index (κ1) is 18.0. The van der Waals surface area contributed by atoms with Gasteiger partial charge in [-0.05, 0) is 18.6 Å². The molecule has 0 unspecified atom stereocenters. The summed E-state index contributed by atoms with van der Waals surface area (Å²) in [6.45, 7) is 4.03. The van der Waals surface area contributed by atoms with Crippen LogP contribution < -0.4 is 9.64 Å². The second-order valence-corrected chi connectivity index (χ2v) is 6.10. The van der Waals surface area contributed by atoms with E-state index < -0.39 is 11.6 Å². The van der Waals surface area contributed by atoms with Gasteiger partial charge in [0.2, 0.25) is 11.8 Å². The fraction of sp³-hybridized carbons (Fsp3) is 0.389. The van der Waals surface area contributed by atoms with Crippen molar-refractivity contribution in [1.82, 2.24) is 14.9 Å². The molecule has 6 nitrogen and oxygen atoms in total. The monoisotopic (exact) mass is 362 g/mol. The van der Waals surface area contributed by atoms with E-state index in [1.165, 1.54) is 6.07 Å². The van der Waals surface area contributed by atoms with Crippen molar-refractivity contribution in [2.45, 2.75) is 13.3 Å². The summed E-state index contributed by atoms with van der Waals surface area (Å²) in [5.74, 6) is 0.350. The molecule has 0 radical (unpaired) electrons. The van der Waals surface area contributed by atoms with E-state index in [0.29, 0.717) is 37.9 Å². The number of piperazine rings is 1. The van der Waals surface area contributed by atoms with E-state index in [9.17, 15) is 13.6 Å². The van der Waals surface area contributed by atoms with Crippen LogP contribution in [0.3, 0.4) is 0 Å². The van der Waals surface area contributed by atoms with E-state index >= 15 is 0 Å². The normalized spacial score (nSPS) is 14.5. The van der Waals surface area contributed by atoms with Crippen LogP contribution in [0, 0.1) is 18.6 Å². The van der Waals surface area contributed by atoms with Gasteiger partial charge in [-0.2, -0.15) is 4.98 Å². The van der Waals surface area contributed by atoms with Gasteiger partial charge in [0.1, 0.15) is 23.3 Å². The molecule has 0 saturated carbocycles. The fourth-order valence-corrected chi connectivity index (χ4v) is 2.92. The van der Waals surface area contributed by atoms with Gasteiger partial charge in [-0.3, -0.25) is 4.79 Å². The van der Waals surface area contributed by atoms with Crippen molar-refractivity contribution in [1.29, 1.82) is 0 Å². The molecule has 2 heterocycles. The zero-order valence-corrected chi connectivity index (χ0v) is 14.7. The largest absolute Gasteiger partial charge is 0.481 e. The summed E-state index contributed by atoms with van der Waals surface area (Å²) in [4.78, 5) is 24.7. The number of halogens is 2. The zero-order valence-electron chi connectivity index (χ0n) is 14.7. The van der Waals surface area contributed by atoms with Crippen LogP contribution in [0.1, 0.15) is 11.4 Å². The molecule has 1 saturated heterocycles. The molecule has 8 heteroatoms. The summed E-state index contributed by atoms with van der Waals surface area (Å²) >= 11 is 0. The first-order valence-electron chi connectivity index (χ1n) is 8.32. The maximum atomic E-state index is 13.7. The summed E-state index contributed by atoms with van der Waals surface area (Å²) in [6, 6.07) is 5.03. The van der Waals surface area contributed by atoms with E-state index in [4.69, 9.17) is 4.74 Å². The Labute approximate surface area is 150 Å². The van der Waals surface area contributed by atoms with Crippen LogP contribution >= 0.6 is 0 Å². The summed E-state index contributed by atoms with van der Waals surface area (Å²) in [7, 11) is 1.55. The predicted molar refractivity (Wildman–Crippen MR) is 92.2 cm³/mol. The molecule has 1 aliphatic heterocycles. The lowest BCUT2D eigenvalue weighted by Crippen LogP contribution is -2.49. The summed E-state index contributed by atoms with van der Waals surface area (Å²) in [5.41, 5.74) is 0.204. The molecule has 1 aromatic carbocycles. The number of benzene rings is 1.